The number of aromatic nitrogens is 3. The molecule has 0 saturated carbocycles. The second-order valence-corrected chi connectivity index (χ2v) is 13.8. The van der Waals surface area contributed by atoms with Crippen molar-refractivity contribution in [3.05, 3.63) is 170 Å². The fourth-order valence-electron chi connectivity index (χ4n) is 8.04. The fourth-order valence-corrected chi connectivity index (χ4v) is 8.04. The summed E-state index contributed by atoms with van der Waals surface area (Å²) >= 11 is 0. The van der Waals surface area contributed by atoms with Crippen LogP contribution >= 0.6 is 0 Å². The number of nitrogens with zero attached hydrogens (tertiary/aromatic N) is 3. The maximum atomic E-state index is 6.88. The maximum absolute atomic E-state index is 6.88. The standard InChI is InChI=1S/C49H31N3O2/c1-3-13-30(14-4-1)31-25-27-33(28-26-31)48-50-47(32-15-5-2-6-16-32)51-49(52-48)39-22-12-24-41-43(39)37-20-11-21-38(46(37)54-41)44-35-18-8-7-17-34(35)29-42-45(44)36-19-9-10-23-40(36)53-42/h1,3-5,7-29H,2,6H2. The van der Waals surface area contributed by atoms with Crippen molar-refractivity contribution in [1.82, 2.24) is 15.0 Å². The van der Waals surface area contributed by atoms with Crippen molar-refractivity contribution in [2.24, 2.45) is 0 Å². The van der Waals surface area contributed by atoms with Crippen LogP contribution in [0, 0.1) is 0 Å². The fraction of sp³-hybridized carbons (Fsp3) is 0.0408. The summed E-state index contributed by atoms with van der Waals surface area (Å²) in [6, 6.07) is 50.3. The van der Waals surface area contributed by atoms with Gasteiger partial charge in [0, 0.05) is 49.4 Å². The molecule has 0 amide bonds. The molecule has 1 aliphatic rings. The summed E-state index contributed by atoms with van der Waals surface area (Å²) in [4.78, 5) is 15.4. The normalized spacial score (nSPS) is 13.1. The molecule has 0 fully saturated rings. The zero-order chi connectivity index (χ0) is 35.6. The van der Waals surface area contributed by atoms with Crippen LogP contribution in [0.3, 0.4) is 0 Å². The lowest BCUT2D eigenvalue weighted by Crippen LogP contribution is -2.03. The summed E-state index contributed by atoms with van der Waals surface area (Å²) in [5, 5.41) is 6.38. The molecule has 10 aromatic rings. The third-order valence-corrected chi connectivity index (χ3v) is 10.6. The first kappa shape index (κ1) is 30.5. The Morgan fingerprint density at radius 3 is 2.00 bits per heavy atom. The molecule has 1 aliphatic carbocycles. The van der Waals surface area contributed by atoms with Gasteiger partial charge in [0.2, 0.25) is 0 Å². The Bertz CT molecular complexity index is 3150. The quantitative estimate of drug-likeness (QED) is 0.179. The van der Waals surface area contributed by atoms with Crippen molar-refractivity contribution >= 4 is 60.2 Å². The van der Waals surface area contributed by atoms with Gasteiger partial charge in [-0.25, -0.2) is 15.0 Å². The highest BCUT2D eigenvalue weighted by molar-refractivity contribution is 6.24. The van der Waals surface area contributed by atoms with E-state index in [9.17, 15) is 0 Å². The Hall–Kier alpha value is -7.11. The van der Waals surface area contributed by atoms with Gasteiger partial charge in [-0.2, -0.15) is 0 Å². The van der Waals surface area contributed by atoms with Crippen LogP contribution in [-0.4, -0.2) is 15.0 Å². The number of hydrogen-bond donors (Lipinski definition) is 0. The number of rotatable bonds is 5. The van der Waals surface area contributed by atoms with E-state index in [2.05, 4.69) is 133 Å². The molecule has 0 spiro atoms. The van der Waals surface area contributed by atoms with Gasteiger partial charge in [-0.05, 0) is 52.9 Å². The van der Waals surface area contributed by atoms with Crippen LogP contribution in [-0.2, 0) is 0 Å². The van der Waals surface area contributed by atoms with Gasteiger partial charge in [0.1, 0.15) is 22.3 Å². The molecule has 0 radical (unpaired) electrons. The van der Waals surface area contributed by atoms with Crippen LogP contribution in [0.25, 0.3) is 105 Å². The lowest BCUT2D eigenvalue weighted by molar-refractivity contribution is 0.669. The van der Waals surface area contributed by atoms with E-state index >= 15 is 0 Å². The van der Waals surface area contributed by atoms with Crippen LogP contribution in [0.15, 0.2) is 173 Å². The molecule has 5 nitrogen and oxygen atoms in total. The minimum absolute atomic E-state index is 0.606. The Labute approximate surface area is 310 Å². The van der Waals surface area contributed by atoms with E-state index in [1.54, 1.807) is 0 Å². The first-order valence-corrected chi connectivity index (χ1v) is 18.3. The van der Waals surface area contributed by atoms with E-state index in [1.807, 2.05) is 30.3 Å². The molecule has 254 valence electrons. The zero-order valence-corrected chi connectivity index (χ0v) is 29.2. The minimum atomic E-state index is 0.606. The molecule has 0 N–H and O–H groups in total. The molecule has 0 saturated heterocycles. The smallest absolute Gasteiger partial charge is 0.164 e. The van der Waals surface area contributed by atoms with Gasteiger partial charge in [-0.1, -0.05) is 146 Å². The van der Waals surface area contributed by atoms with E-state index in [0.29, 0.717) is 17.5 Å². The molecule has 7 aromatic carbocycles. The number of fused-ring (bicyclic) bond motifs is 7. The minimum Gasteiger partial charge on any atom is -0.456 e. The first-order chi connectivity index (χ1) is 26.8. The van der Waals surface area contributed by atoms with Crippen molar-refractivity contribution in [2.45, 2.75) is 12.8 Å². The van der Waals surface area contributed by atoms with Crippen LogP contribution in [0.4, 0.5) is 0 Å². The number of furan rings is 2. The van der Waals surface area contributed by atoms with Crippen molar-refractivity contribution in [1.29, 1.82) is 0 Å². The highest BCUT2D eigenvalue weighted by atomic mass is 16.3. The average Bonchev–Trinajstić information content (AvgIpc) is 3.82. The third kappa shape index (κ3) is 4.90. The Balaban J connectivity index is 1.14. The van der Waals surface area contributed by atoms with Gasteiger partial charge in [0.05, 0.1) is 0 Å². The predicted molar refractivity (Wildman–Crippen MR) is 220 cm³/mol. The van der Waals surface area contributed by atoms with Crippen molar-refractivity contribution in [3.63, 3.8) is 0 Å². The van der Waals surface area contributed by atoms with E-state index in [-0.39, 0.29) is 0 Å². The van der Waals surface area contributed by atoms with Crippen molar-refractivity contribution in [2.75, 3.05) is 0 Å². The van der Waals surface area contributed by atoms with E-state index in [1.165, 1.54) is 5.56 Å². The number of allylic oxidation sites excluding steroid dienone is 4. The van der Waals surface area contributed by atoms with E-state index in [4.69, 9.17) is 23.8 Å². The average molecular weight is 694 g/mol. The predicted octanol–water partition coefficient (Wildman–Crippen LogP) is 13.2. The Morgan fingerprint density at radius 2 is 1.13 bits per heavy atom. The Morgan fingerprint density at radius 1 is 0.444 bits per heavy atom. The molecule has 3 heterocycles. The monoisotopic (exact) mass is 693 g/mol. The largest absolute Gasteiger partial charge is 0.456 e. The van der Waals surface area contributed by atoms with Crippen LogP contribution < -0.4 is 0 Å². The lowest BCUT2D eigenvalue weighted by atomic mass is 9.92. The SMILES string of the molecule is C1=CC(c2nc(-c3ccc(-c4ccccc4)cc3)nc(-c3cccc4oc5c(-c6c7ccccc7cc7oc8ccccc8c67)cccc5c34)n2)=CCC1. The zero-order valence-electron chi connectivity index (χ0n) is 29.2. The molecule has 0 bridgehead atoms. The third-order valence-electron chi connectivity index (χ3n) is 10.6. The number of benzene rings is 7. The second kappa shape index (κ2) is 12.2. The van der Waals surface area contributed by atoms with Crippen molar-refractivity contribution < 1.29 is 8.83 Å². The molecule has 0 aliphatic heterocycles. The topological polar surface area (TPSA) is 65.0 Å². The first-order valence-electron chi connectivity index (χ1n) is 18.3. The number of para-hydroxylation sites is 2. The Kier molecular flexibility index (Phi) is 6.92. The summed E-state index contributed by atoms with van der Waals surface area (Å²) in [5.74, 6) is 1.90. The van der Waals surface area contributed by atoms with E-state index in [0.717, 1.165) is 101 Å². The van der Waals surface area contributed by atoms with Crippen LogP contribution in [0.2, 0.25) is 0 Å². The summed E-state index contributed by atoms with van der Waals surface area (Å²) < 4.78 is 13.3. The highest BCUT2D eigenvalue weighted by Crippen LogP contribution is 2.46. The van der Waals surface area contributed by atoms with Crippen LogP contribution in [0.5, 0.6) is 0 Å². The second-order valence-electron chi connectivity index (χ2n) is 13.8. The maximum Gasteiger partial charge on any atom is 0.164 e. The van der Waals surface area contributed by atoms with Gasteiger partial charge in [0.15, 0.2) is 17.5 Å². The summed E-state index contributed by atoms with van der Waals surface area (Å²) in [7, 11) is 0. The number of hydrogen-bond acceptors (Lipinski definition) is 5. The highest BCUT2D eigenvalue weighted by Gasteiger charge is 2.23. The van der Waals surface area contributed by atoms with E-state index < -0.39 is 0 Å². The summed E-state index contributed by atoms with van der Waals surface area (Å²) in [6.07, 6.45) is 8.48. The van der Waals surface area contributed by atoms with Gasteiger partial charge in [-0.15, -0.1) is 0 Å². The molecule has 0 unspecified atom stereocenters. The molecular formula is C49H31N3O2. The van der Waals surface area contributed by atoms with Gasteiger partial charge >= 0.3 is 0 Å². The summed E-state index contributed by atoms with van der Waals surface area (Å²) in [6.45, 7) is 0. The van der Waals surface area contributed by atoms with Crippen LogP contribution in [0.1, 0.15) is 18.7 Å². The molecule has 11 rings (SSSR count). The molecule has 5 heteroatoms. The van der Waals surface area contributed by atoms with Gasteiger partial charge in [-0.3, -0.25) is 0 Å². The molecule has 0 atom stereocenters. The molecule has 54 heavy (non-hydrogen) atoms. The summed E-state index contributed by atoms with van der Waals surface area (Å²) in [5.41, 5.74) is 10.5. The van der Waals surface area contributed by atoms with Gasteiger partial charge in [0.25, 0.3) is 0 Å². The molecular weight excluding hydrogens is 663 g/mol. The van der Waals surface area contributed by atoms with Gasteiger partial charge < -0.3 is 8.83 Å². The lowest BCUT2D eigenvalue weighted by Gasteiger charge is -2.11. The molecule has 3 aromatic heterocycles. The van der Waals surface area contributed by atoms with Crippen molar-refractivity contribution in [3.8, 4) is 45.0 Å².